The van der Waals surface area contributed by atoms with Crippen LogP contribution in [0.15, 0.2) is 0 Å². The van der Waals surface area contributed by atoms with Crippen molar-refractivity contribution < 1.29 is 5.11 Å². The number of nitrogens with zero attached hydrogens (tertiary/aromatic N) is 1. The molecule has 0 aromatic rings. The van der Waals surface area contributed by atoms with Gasteiger partial charge in [-0.05, 0) is 40.2 Å². The monoisotopic (exact) mass is 230 g/mol. The summed E-state index contributed by atoms with van der Waals surface area (Å²) in [5.74, 6) is 0. The van der Waals surface area contributed by atoms with Gasteiger partial charge < -0.3 is 15.7 Å². The van der Waals surface area contributed by atoms with Crippen molar-refractivity contribution in [3.05, 3.63) is 0 Å². The van der Waals surface area contributed by atoms with Crippen LogP contribution in [0.3, 0.4) is 0 Å². The van der Waals surface area contributed by atoms with Crippen LogP contribution in [0.2, 0.25) is 0 Å². The molecule has 0 saturated carbocycles. The fourth-order valence-corrected chi connectivity index (χ4v) is 1.68. The Morgan fingerprint density at radius 2 is 1.88 bits per heavy atom. The first-order chi connectivity index (χ1) is 7.43. The predicted molar refractivity (Wildman–Crippen MR) is 70.5 cm³/mol. The van der Waals surface area contributed by atoms with Crippen molar-refractivity contribution in [1.29, 1.82) is 0 Å². The highest BCUT2D eigenvalue weighted by Gasteiger charge is 2.20. The van der Waals surface area contributed by atoms with Gasteiger partial charge in [-0.2, -0.15) is 0 Å². The van der Waals surface area contributed by atoms with Gasteiger partial charge in [0, 0.05) is 19.1 Å². The van der Waals surface area contributed by atoms with Crippen molar-refractivity contribution in [2.45, 2.75) is 65.0 Å². The maximum absolute atomic E-state index is 9.87. The van der Waals surface area contributed by atoms with Gasteiger partial charge in [0.1, 0.15) is 0 Å². The highest BCUT2D eigenvalue weighted by molar-refractivity contribution is 4.76. The average molecular weight is 230 g/mol. The molecule has 98 valence electrons. The van der Waals surface area contributed by atoms with E-state index in [1.165, 1.54) is 19.3 Å². The van der Waals surface area contributed by atoms with E-state index < -0.39 is 5.60 Å². The molecular weight excluding hydrogens is 200 g/mol. The van der Waals surface area contributed by atoms with Gasteiger partial charge >= 0.3 is 0 Å². The fourth-order valence-electron chi connectivity index (χ4n) is 1.68. The van der Waals surface area contributed by atoms with Crippen LogP contribution in [0, 0.1) is 0 Å². The van der Waals surface area contributed by atoms with E-state index in [0.29, 0.717) is 12.6 Å². The molecule has 0 fully saturated rings. The fraction of sp³-hybridized carbons (Fsp3) is 1.00. The molecule has 3 nitrogen and oxygen atoms in total. The molecule has 1 atom stereocenters. The van der Waals surface area contributed by atoms with Gasteiger partial charge in [-0.3, -0.25) is 0 Å². The molecular formula is C13H30N2O. The van der Waals surface area contributed by atoms with Gasteiger partial charge in [0.25, 0.3) is 0 Å². The summed E-state index contributed by atoms with van der Waals surface area (Å²) in [5.41, 5.74) is 4.81. The smallest absolute Gasteiger partial charge is 0.0753 e. The highest BCUT2D eigenvalue weighted by atomic mass is 16.3. The van der Waals surface area contributed by atoms with E-state index in [2.05, 4.69) is 25.7 Å². The molecule has 3 N–H and O–H groups in total. The van der Waals surface area contributed by atoms with E-state index in [-0.39, 0.29) is 0 Å². The maximum Gasteiger partial charge on any atom is 0.0753 e. The van der Waals surface area contributed by atoms with Crippen molar-refractivity contribution in [1.82, 2.24) is 4.90 Å². The second-order valence-corrected chi connectivity index (χ2v) is 5.29. The number of hydrogen-bond acceptors (Lipinski definition) is 3. The van der Waals surface area contributed by atoms with Crippen LogP contribution < -0.4 is 5.73 Å². The molecule has 0 amide bonds. The summed E-state index contributed by atoms with van der Waals surface area (Å²) in [6.07, 6.45) is 4.55. The second kappa shape index (κ2) is 8.04. The van der Waals surface area contributed by atoms with Gasteiger partial charge in [0.15, 0.2) is 0 Å². The van der Waals surface area contributed by atoms with Crippen molar-refractivity contribution >= 4 is 0 Å². The molecule has 0 aromatic heterocycles. The number of hydrogen-bond donors (Lipinski definition) is 2. The number of nitrogens with two attached hydrogens (primary N) is 1. The summed E-state index contributed by atoms with van der Waals surface area (Å²) in [6.45, 7) is 10.9. The SMILES string of the molecule is CCCCCN(CCC(C)(O)CN)C(C)C. The first-order valence-electron chi connectivity index (χ1n) is 6.59. The van der Waals surface area contributed by atoms with E-state index in [1.54, 1.807) is 0 Å². The number of unbranched alkanes of at least 4 members (excludes halogenated alkanes) is 2. The highest BCUT2D eigenvalue weighted by Crippen LogP contribution is 2.11. The lowest BCUT2D eigenvalue weighted by Crippen LogP contribution is -2.41. The van der Waals surface area contributed by atoms with Crippen LogP contribution in [0.25, 0.3) is 0 Å². The lowest BCUT2D eigenvalue weighted by molar-refractivity contribution is 0.0434. The van der Waals surface area contributed by atoms with Crippen LogP contribution >= 0.6 is 0 Å². The molecule has 0 rings (SSSR count). The quantitative estimate of drug-likeness (QED) is 0.596. The van der Waals surface area contributed by atoms with Crippen LogP contribution in [0.5, 0.6) is 0 Å². The van der Waals surface area contributed by atoms with Crippen molar-refractivity contribution in [3.63, 3.8) is 0 Å². The Kier molecular flexibility index (Phi) is 7.98. The third-order valence-electron chi connectivity index (χ3n) is 3.16. The Labute approximate surface area is 101 Å². The van der Waals surface area contributed by atoms with Gasteiger partial charge in [0.05, 0.1) is 5.60 Å². The normalized spacial score (nSPS) is 15.8. The summed E-state index contributed by atoms with van der Waals surface area (Å²) >= 11 is 0. The largest absolute Gasteiger partial charge is 0.389 e. The minimum Gasteiger partial charge on any atom is -0.389 e. The van der Waals surface area contributed by atoms with E-state index in [4.69, 9.17) is 5.73 Å². The lowest BCUT2D eigenvalue weighted by Gasteiger charge is -2.30. The third kappa shape index (κ3) is 7.20. The molecule has 0 aliphatic rings. The molecule has 0 bridgehead atoms. The van der Waals surface area contributed by atoms with Crippen LogP contribution in [-0.2, 0) is 0 Å². The summed E-state index contributed by atoms with van der Waals surface area (Å²) in [7, 11) is 0. The minimum atomic E-state index is -0.710. The third-order valence-corrected chi connectivity index (χ3v) is 3.16. The first-order valence-corrected chi connectivity index (χ1v) is 6.59. The second-order valence-electron chi connectivity index (χ2n) is 5.29. The Morgan fingerprint density at radius 1 is 1.25 bits per heavy atom. The average Bonchev–Trinajstić information content (AvgIpc) is 2.22. The molecule has 0 aromatic carbocycles. The Morgan fingerprint density at radius 3 is 2.31 bits per heavy atom. The summed E-state index contributed by atoms with van der Waals surface area (Å²) in [6, 6.07) is 0.547. The topological polar surface area (TPSA) is 49.5 Å². The molecule has 0 aliphatic heterocycles. The van der Waals surface area contributed by atoms with Gasteiger partial charge in [-0.25, -0.2) is 0 Å². The molecule has 0 heterocycles. The van der Waals surface area contributed by atoms with Crippen LogP contribution in [-0.4, -0.2) is 41.3 Å². The van der Waals surface area contributed by atoms with E-state index in [1.807, 2.05) is 6.92 Å². The Bertz CT molecular complexity index is 169. The van der Waals surface area contributed by atoms with Crippen molar-refractivity contribution in [3.8, 4) is 0 Å². The zero-order chi connectivity index (χ0) is 12.6. The van der Waals surface area contributed by atoms with Gasteiger partial charge in [-0.1, -0.05) is 19.8 Å². The minimum absolute atomic E-state index is 0.341. The lowest BCUT2D eigenvalue weighted by atomic mass is 10.0. The molecule has 1 unspecified atom stereocenters. The molecule has 0 aliphatic carbocycles. The van der Waals surface area contributed by atoms with Gasteiger partial charge in [-0.15, -0.1) is 0 Å². The number of aliphatic hydroxyl groups is 1. The van der Waals surface area contributed by atoms with E-state index >= 15 is 0 Å². The van der Waals surface area contributed by atoms with Gasteiger partial charge in [0.2, 0.25) is 0 Å². The number of rotatable bonds is 9. The predicted octanol–water partition coefficient (Wildman–Crippen LogP) is 1.99. The Hall–Kier alpha value is -0.120. The van der Waals surface area contributed by atoms with Crippen molar-refractivity contribution in [2.24, 2.45) is 5.73 Å². The van der Waals surface area contributed by atoms with E-state index in [9.17, 15) is 5.11 Å². The molecule has 0 spiro atoms. The summed E-state index contributed by atoms with van der Waals surface area (Å²) in [5, 5.41) is 9.87. The Balaban J connectivity index is 3.94. The van der Waals surface area contributed by atoms with Crippen LogP contribution in [0.4, 0.5) is 0 Å². The van der Waals surface area contributed by atoms with Crippen molar-refractivity contribution in [2.75, 3.05) is 19.6 Å². The molecule has 16 heavy (non-hydrogen) atoms. The van der Waals surface area contributed by atoms with E-state index in [0.717, 1.165) is 19.5 Å². The zero-order valence-corrected chi connectivity index (χ0v) is 11.5. The standard InChI is InChI=1S/C13H30N2O/c1-5-6-7-9-15(12(2)3)10-8-13(4,16)11-14/h12,16H,5-11,14H2,1-4H3. The maximum atomic E-state index is 9.87. The summed E-state index contributed by atoms with van der Waals surface area (Å²) in [4.78, 5) is 2.43. The zero-order valence-electron chi connectivity index (χ0n) is 11.5. The first kappa shape index (κ1) is 15.9. The summed E-state index contributed by atoms with van der Waals surface area (Å²) < 4.78 is 0. The molecule has 0 radical (unpaired) electrons. The molecule has 0 saturated heterocycles. The molecule has 3 heteroatoms. The van der Waals surface area contributed by atoms with Crippen LogP contribution in [0.1, 0.15) is 53.4 Å².